The summed E-state index contributed by atoms with van der Waals surface area (Å²) in [5.41, 5.74) is 2.75. The number of carbonyl (C=O) groups is 2. The minimum Gasteiger partial charge on any atom is -0.507 e. The minimum absolute atomic E-state index is 0.119. The van der Waals surface area contributed by atoms with Crippen molar-refractivity contribution in [3.8, 4) is 16.3 Å². The summed E-state index contributed by atoms with van der Waals surface area (Å²) < 4.78 is 2.69. The van der Waals surface area contributed by atoms with Crippen molar-refractivity contribution in [2.75, 3.05) is 4.90 Å². The van der Waals surface area contributed by atoms with Gasteiger partial charge in [0.15, 0.2) is 0 Å². The highest BCUT2D eigenvalue weighted by atomic mass is 35.5. The molecule has 208 valence electrons. The Balaban J connectivity index is 1.45. The third-order valence-corrected chi connectivity index (χ3v) is 10.2. The quantitative estimate of drug-likeness (QED) is 0.188. The maximum atomic E-state index is 14.5. The van der Waals surface area contributed by atoms with E-state index in [2.05, 4.69) is 13.2 Å². The number of anilines is 1. The fraction of sp³-hybridized carbons (Fsp3) is 0.242. The van der Waals surface area contributed by atoms with Crippen LogP contribution in [0.3, 0.4) is 0 Å². The van der Waals surface area contributed by atoms with Crippen molar-refractivity contribution in [2.24, 2.45) is 18.4 Å². The van der Waals surface area contributed by atoms with Crippen molar-refractivity contribution in [3.63, 3.8) is 0 Å². The summed E-state index contributed by atoms with van der Waals surface area (Å²) in [6, 6.07) is 13.2. The van der Waals surface area contributed by atoms with Crippen LogP contribution in [0.1, 0.15) is 36.0 Å². The lowest BCUT2D eigenvalue weighted by atomic mass is 9.59. The number of hydrogen-bond donors (Lipinski definition) is 1. The molecule has 3 atom stereocenters. The predicted molar refractivity (Wildman–Crippen MR) is 166 cm³/mol. The van der Waals surface area contributed by atoms with Gasteiger partial charge in [0.05, 0.1) is 16.2 Å². The smallest absolute Gasteiger partial charge is 0.242 e. The van der Waals surface area contributed by atoms with Gasteiger partial charge in [0.1, 0.15) is 17.3 Å². The van der Waals surface area contributed by atoms with E-state index >= 15 is 0 Å². The van der Waals surface area contributed by atoms with E-state index in [9.17, 15) is 14.7 Å². The number of carbonyl (C=O) groups excluding carboxylic acids is 2. The highest BCUT2D eigenvalue weighted by Crippen LogP contribution is 2.58. The van der Waals surface area contributed by atoms with E-state index in [1.165, 1.54) is 4.90 Å². The molecule has 3 heterocycles. The molecule has 2 aromatic carbocycles. The molecule has 0 bridgehead atoms. The number of imide groups is 1. The van der Waals surface area contributed by atoms with Gasteiger partial charge in [-0.2, -0.15) is 5.10 Å². The number of benzene rings is 2. The zero-order valence-corrected chi connectivity index (χ0v) is 24.7. The van der Waals surface area contributed by atoms with E-state index in [0.717, 1.165) is 31.7 Å². The average Bonchev–Trinajstić information content (AvgIpc) is 3.54. The van der Waals surface area contributed by atoms with Crippen molar-refractivity contribution >= 4 is 50.7 Å². The molecular formula is C33H30ClN3O3S. The molecule has 6 rings (SSSR count). The van der Waals surface area contributed by atoms with E-state index in [0.29, 0.717) is 34.9 Å². The highest BCUT2D eigenvalue weighted by Gasteiger charge is 2.63. The molecule has 41 heavy (non-hydrogen) atoms. The second-order valence-electron chi connectivity index (χ2n) is 10.9. The van der Waals surface area contributed by atoms with E-state index in [1.807, 2.05) is 62.4 Å². The third kappa shape index (κ3) is 3.94. The van der Waals surface area contributed by atoms with Crippen LogP contribution in [0.5, 0.6) is 5.75 Å². The zero-order chi connectivity index (χ0) is 29.2. The standard InChI is InChI=1S/C33H30ClN3O3S/c1-6-9-20-10-8-11-22(29(20)38)28-19(7-2)12-14-24-31(39)37(32(40)33(24,28)4)27-17-25(35-36(27)5)30-18(3)23-16-21(34)13-15-26(23)41-30/h6-8,10-13,15-17,24,28,38H,1-2,9,14H2,3-5H3/t24-,28+,33+/m0/s1. The number of nitrogens with zero attached hydrogens (tertiary/aromatic N) is 3. The maximum Gasteiger partial charge on any atom is 0.242 e. The average molecular weight is 584 g/mol. The van der Waals surface area contributed by atoms with Gasteiger partial charge in [0.25, 0.3) is 0 Å². The van der Waals surface area contributed by atoms with Crippen molar-refractivity contribution in [1.82, 2.24) is 9.78 Å². The number of aromatic nitrogens is 2. The van der Waals surface area contributed by atoms with Crippen LogP contribution >= 0.6 is 22.9 Å². The van der Waals surface area contributed by atoms with Crippen molar-refractivity contribution in [3.05, 3.63) is 101 Å². The Morgan fingerprint density at radius 2 is 2.00 bits per heavy atom. The van der Waals surface area contributed by atoms with Gasteiger partial charge in [-0.25, -0.2) is 4.90 Å². The number of phenols is 1. The zero-order valence-electron chi connectivity index (χ0n) is 23.1. The van der Waals surface area contributed by atoms with Crippen LogP contribution in [0.4, 0.5) is 5.82 Å². The van der Waals surface area contributed by atoms with Crippen molar-refractivity contribution < 1.29 is 14.7 Å². The number of phenolic OH excluding ortho intramolecular Hbond substituents is 1. The minimum atomic E-state index is -1.13. The fourth-order valence-corrected chi connectivity index (χ4v) is 7.91. The molecule has 1 saturated heterocycles. The Morgan fingerprint density at radius 3 is 2.73 bits per heavy atom. The first-order chi connectivity index (χ1) is 19.6. The summed E-state index contributed by atoms with van der Waals surface area (Å²) in [6.45, 7) is 11.7. The Hall–Kier alpha value is -3.94. The Labute approximate surface area is 247 Å². The molecule has 2 amide bonds. The normalized spacial score (nSPS) is 22.2. The fourth-order valence-electron chi connectivity index (χ4n) is 6.59. The molecule has 1 fully saturated rings. The molecule has 0 saturated carbocycles. The Kier molecular flexibility index (Phi) is 6.55. The van der Waals surface area contributed by atoms with Gasteiger partial charge < -0.3 is 5.11 Å². The van der Waals surface area contributed by atoms with Crippen molar-refractivity contribution in [1.29, 1.82) is 0 Å². The van der Waals surface area contributed by atoms with E-state index < -0.39 is 17.3 Å². The van der Waals surface area contributed by atoms with Gasteiger partial charge in [-0.1, -0.05) is 54.6 Å². The molecular weight excluding hydrogens is 554 g/mol. The van der Waals surface area contributed by atoms with Gasteiger partial charge in [-0.05, 0) is 67.0 Å². The summed E-state index contributed by atoms with van der Waals surface area (Å²) in [5.74, 6) is -1.19. The molecule has 8 heteroatoms. The van der Waals surface area contributed by atoms with Crippen LogP contribution in [0.2, 0.25) is 5.02 Å². The lowest BCUT2D eigenvalue weighted by Crippen LogP contribution is -2.42. The number of para-hydroxylation sites is 1. The molecule has 1 aliphatic heterocycles. The van der Waals surface area contributed by atoms with E-state index in [1.54, 1.807) is 35.2 Å². The first-order valence-electron chi connectivity index (χ1n) is 13.5. The molecule has 4 aromatic rings. The monoisotopic (exact) mass is 583 g/mol. The number of halogens is 1. The number of allylic oxidation sites excluding steroid dienone is 4. The number of fused-ring (bicyclic) bond motifs is 2. The van der Waals surface area contributed by atoms with Gasteiger partial charge in [-0.15, -0.1) is 17.9 Å². The van der Waals surface area contributed by atoms with E-state index in [4.69, 9.17) is 16.7 Å². The SMILES string of the molecule is C=CCc1cccc([C@H]2C(C=C)=CC[C@H]3C(=O)N(c4cc(-c5sc6ccc(Cl)cc6c5C)nn4C)C(=O)[C@@]23C)c1O. The summed E-state index contributed by atoms with van der Waals surface area (Å²) in [7, 11) is 1.75. The predicted octanol–water partition coefficient (Wildman–Crippen LogP) is 7.49. The second-order valence-corrected chi connectivity index (χ2v) is 12.4. The van der Waals surface area contributed by atoms with Gasteiger partial charge in [0, 0.05) is 34.3 Å². The van der Waals surface area contributed by atoms with Crippen LogP contribution in [-0.4, -0.2) is 26.7 Å². The van der Waals surface area contributed by atoms with Gasteiger partial charge >= 0.3 is 0 Å². The lowest BCUT2D eigenvalue weighted by molar-refractivity contribution is -0.127. The lowest BCUT2D eigenvalue weighted by Gasteiger charge is -2.40. The summed E-state index contributed by atoms with van der Waals surface area (Å²) >= 11 is 7.85. The summed E-state index contributed by atoms with van der Waals surface area (Å²) in [6.07, 6.45) is 6.32. The van der Waals surface area contributed by atoms with Crippen molar-refractivity contribution in [2.45, 2.75) is 32.6 Å². The Morgan fingerprint density at radius 1 is 1.22 bits per heavy atom. The topological polar surface area (TPSA) is 75.4 Å². The molecule has 1 aliphatic carbocycles. The first kappa shape index (κ1) is 27.2. The largest absolute Gasteiger partial charge is 0.507 e. The van der Waals surface area contributed by atoms with Gasteiger partial charge in [-0.3, -0.25) is 14.3 Å². The summed E-state index contributed by atoms with van der Waals surface area (Å²) in [4.78, 5) is 30.8. The molecule has 6 nitrogen and oxygen atoms in total. The maximum absolute atomic E-state index is 14.5. The highest BCUT2D eigenvalue weighted by molar-refractivity contribution is 7.22. The number of aromatic hydroxyl groups is 1. The molecule has 0 radical (unpaired) electrons. The summed E-state index contributed by atoms with van der Waals surface area (Å²) in [5, 5.41) is 17.8. The second kappa shape index (κ2) is 9.86. The number of hydrogen-bond acceptors (Lipinski definition) is 5. The number of thiophene rings is 1. The Bertz CT molecular complexity index is 1820. The van der Waals surface area contributed by atoms with Crippen LogP contribution in [0.15, 0.2) is 79.4 Å². The van der Waals surface area contributed by atoms with Crippen LogP contribution in [-0.2, 0) is 23.1 Å². The van der Waals surface area contributed by atoms with Crippen LogP contribution in [0, 0.1) is 18.3 Å². The molecule has 1 N–H and O–H groups in total. The molecule has 0 spiro atoms. The number of amides is 2. The molecule has 0 unspecified atom stereocenters. The van der Waals surface area contributed by atoms with E-state index in [-0.39, 0.29) is 17.6 Å². The number of rotatable bonds is 6. The molecule has 2 aliphatic rings. The first-order valence-corrected chi connectivity index (χ1v) is 14.7. The third-order valence-electron chi connectivity index (χ3n) is 8.71. The van der Waals surface area contributed by atoms with Gasteiger partial charge in [0.2, 0.25) is 11.8 Å². The van der Waals surface area contributed by atoms with Crippen LogP contribution in [0.25, 0.3) is 20.7 Å². The number of aryl methyl sites for hydroxylation is 2. The molecule has 2 aromatic heterocycles. The van der Waals surface area contributed by atoms with Crippen LogP contribution < -0.4 is 4.90 Å².